The molecule has 0 aromatic rings. The van der Waals surface area contributed by atoms with Crippen molar-refractivity contribution in [2.24, 2.45) is 0 Å². The summed E-state index contributed by atoms with van der Waals surface area (Å²) in [5, 5.41) is 16.0. The first-order valence-corrected chi connectivity index (χ1v) is 3.47. The first kappa shape index (κ1) is 12.2. The Morgan fingerprint density at radius 2 is 1.07 bits per heavy atom. The van der Waals surface area contributed by atoms with Gasteiger partial charge in [-0.1, -0.05) is 0 Å². The summed E-state index contributed by atoms with van der Waals surface area (Å²) in [4.78, 5) is 42.1. The second-order valence-corrected chi connectivity index (χ2v) is 2.23. The van der Waals surface area contributed by atoms with Crippen molar-refractivity contribution >= 4 is 23.4 Å². The SMILES string of the molecule is O=C(CCC(=O)C(=O)NO)C(=O)NO. The molecule has 0 aliphatic carbocycles. The maximum Gasteiger partial charge on any atom is 0.310 e. The Hall–Kier alpha value is -1.80. The van der Waals surface area contributed by atoms with Gasteiger partial charge in [-0.25, -0.2) is 11.0 Å². The molecule has 14 heavy (non-hydrogen) atoms. The van der Waals surface area contributed by atoms with E-state index in [0.29, 0.717) is 0 Å². The van der Waals surface area contributed by atoms with Crippen molar-refractivity contribution < 1.29 is 29.6 Å². The Kier molecular flexibility index (Phi) is 5.04. The average molecular weight is 204 g/mol. The molecular formula is C6H8N2O6. The van der Waals surface area contributed by atoms with Gasteiger partial charge in [0, 0.05) is 12.8 Å². The highest BCUT2D eigenvalue weighted by molar-refractivity contribution is 6.39. The Morgan fingerprint density at radius 1 is 0.786 bits per heavy atom. The van der Waals surface area contributed by atoms with Crippen LogP contribution in [0.1, 0.15) is 12.8 Å². The van der Waals surface area contributed by atoms with Crippen LogP contribution >= 0.6 is 0 Å². The van der Waals surface area contributed by atoms with E-state index in [1.54, 1.807) is 0 Å². The zero-order valence-electron chi connectivity index (χ0n) is 6.94. The van der Waals surface area contributed by atoms with Crippen molar-refractivity contribution in [3.05, 3.63) is 0 Å². The van der Waals surface area contributed by atoms with Gasteiger partial charge in [0.2, 0.25) is 11.6 Å². The van der Waals surface area contributed by atoms with E-state index in [1.165, 1.54) is 0 Å². The van der Waals surface area contributed by atoms with Crippen LogP contribution in [0.5, 0.6) is 0 Å². The number of Topliss-reactive ketones (excluding diaryl/α,β-unsaturated/α-hetero) is 2. The molecule has 0 bridgehead atoms. The molecule has 0 rings (SSSR count). The lowest BCUT2D eigenvalue weighted by Gasteiger charge is -1.97. The van der Waals surface area contributed by atoms with E-state index in [9.17, 15) is 19.2 Å². The predicted molar refractivity (Wildman–Crippen MR) is 39.1 cm³/mol. The number of rotatable bonds is 5. The van der Waals surface area contributed by atoms with Gasteiger partial charge in [0.25, 0.3) is 0 Å². The summed E-state index contributed by atoms with van der Waals surface area (Å²) in [7, 11) is 0. The van der Waals surface area contributed by atoms with Gasteiger partial charge < -0.3 is 0 Å². The van der Waals surface area contributed by atoms with Crippen LogP contribution in [-0.2, 0) is 19.2 Å². The summed E-state index contributed by atoms with van der Waals surface area (Å²) in [5.41, 5.74) is 2.16. The third-order valence-electron chi connectivity index (χ3n) is 1.29. The van der Waals surface area contributed by atoms with Crippen LogP contribution in [0.25, 0.3) is 0 Å². The van der Waals surface area contributed by atoms with E-state index < -0.39 is 36.2 Å². The summed E-state index contributed by atoms with van der Waals surface area (Å²) in [6.07, 6.45) is -1.03. The largest absolute Gasteiger partial charge is 0.310 e. The fourth-order valence-electron chi connectivity index (χ4n) is 0.579. The quantitative estimate of drug-likeness (QED) is 0.230. The lowest BCUT2D eigenvalue weighted by atomic mass is 10.1. The molecule has 4 N–H and O–H groups in total. The van der Waals surface area contributed by atoms with Crippen molar-refractivity contribution in [2.75, 3.05) is 0 Å². The Labute approximate surface area is 77.8 Å². The summed E-state index contributed by atoms with van der Waals surface area (Å²) >= 11 is 0. The van der Waals surface area contributed by atoms with Crippen molar-refractivity contribution in [2.45, 2.75) is 12.8 Å². The first-order valence-electron chi connectivity index (χ1n) is 3.47. The number of carbonyl (C=O) groups is 4. The molecule has 8 nitrogen and oxygen atoms in total. The van der Waals surface area contributed by atoms with Crippen LogP contribution in [0.15, 0.2) is 0 Å². The summed E-state index contributed by atoms with van der Waals surface area (Å²) in [6.45, 7) is 0. The number of nitrogens with one attached hydrogen (secondary N) is 2. The number of hydroxylamine groups is 2. The number of ketones is 2. The van der Waals surface area contributed by atoms with E-state index in [2.05, 4.69) is 0 Å². The van der Waals surface area contributed by atoms with Crippen molar-refractivity contribution in [1.29, 1.82) is 0 Å². The monoisotopic (exact) mass is 204 g/mol. The molecular weight excluding hydrogens is 196 g/mol. The normalized spacial score (nSPS) is 9.00. The van der Waals surface area contributed by atoms with Gasteiger partial charge in [0.15, 0.2) is 0 Å². The average Bonchev–Trinajstić information content (AvgIpc) is 2.22. The van der Waals surface area contributed by atoms with Gasteiger partial charge in [-0.3, -0.25) is 29.6 Å². The molecule has 8 heteroatoms. The molecule has 0 saturated heterocycles. The van der Waals surface area contributed by atoms with Gasteiger partial charge >= 0.3 is 11.8 Å². The summed E-state index contributed by atoms with van der Waals surface area (Å²) < 4.78 is 0. The van der Waals surface area contributed by atoms with E-state index in [1.807, 2.05) is 0 Å². The smallest absolute Gasteiger partial charge is 0.289 e. The van der Waals surface area contributed by atoms with Crippen molar-refractivity contribution in [1.82, 2.24) is 11.0 Å². The maximum absolute atomic E-state index is 10.7. The van der Waals surface area contributed by atoms with Crippen LogP contribution in [0.3, 0.4) is 0 Å². The Morgan fingerprint density at radius 3 is 1.29 bits per heavy atom. The molecule has 0 aromatic carbocycles. The molecule has 0 aliphatic heterocycles. The zero-order valence-corrected chi connectivity index (χ0v) is 6.94. The highest BCUT2D eigenvalue weighted by Gasteiger charge is 2.18. The van der Waals surface area contributed by atoms with Crippen LogP contribution in [0, 0.1) is 0 Å². The number of hydrogen-bond donors (Lipinski definition) is 4. The van der Waals surface area contributed by atoms with E-state index >= 15 is 0 Å². The number of carbonyl (C=O) groups excluding carboxylic acids is 4. The lowest BCUT2D eigenvalue weighted by molar-refractivity contribution is -0.145. The number of amides is 2. The van der Waals surface area contributed by atoms with Crippen molar-refractivity contribution in [3.8, 4) is 0 Å². The molecule has 2 amide bonds. The van der Waals surface area contributed by atoms with E-state index in [4.69, 9.17) is 10.4 Å². The van der Waals surface area contributed by atoms with Crippen molar-refractivity contribution in [3.63, 3.8) is 0 Å². The fourth-order valence-corrected chi connectivity index (χ4v) is 0.579. The predicted octanol–water partition coefficient (Wildman–Crippen LogP) is -2.08. The summed E-state index contributed by atoms with van der Waals surface area (Å²) in [6, 6.07) is 0. The van der Waals surface area contributed by atoms with Crippen LogP contribution in [-0.4, -0.2) is 33.8 Å². The zero-order chi connectivity index (χ0) is 11.1. The molecule has 0 radical (unpaired) electrons. The third kappa shape index (κ3) is 3.74. The van der Waals surface area contributed by atoms with Gasteiger partial charge in [-0.05, 0) is 0 Å². The highest BCUT2D eigenvalue weighted by atomic mass is 16.5. The molecule has 0 saturated carbocycles. The molecule has 0 aromatic heterocycles. The van der Waals surface area contributed by atoms with Gasteiger partial charge in [-0.2, -0.15) is 0 Å². The molecule has 0 unspecified atom stereocenters. The van der Waals surface area contributed by atoms with Gasteiger partial charge in [0.1, 0.15) is 0 Å². The van der Waals surface area contributed by atoms with E-state index in [0.717, 1.165) is 11.0 Å². The molecule has 0 heterocycles. The van der Waals surface area contributed by atoms with Crippen LogP contribution in [0.2, 0.25) is 0 Å². The first-order chi connectivity index (χ1) is 6.52. The van der Waals surface area contributed by atoms with E-state index in [-0.39, 0.29) is 0 Å². The van der Waals surface area contributed by atoms with Crippen LogP contribution in [0.4, 0.5) is 0 Å². The third-order valence-corrected chi connectivity index (χ3v) is 1.29. The molecule has 0 fully saturated rings. The second kappa shape index (κ2) is 5.78. The molecule has 0 spiro atoms. The minimum atomic E-state index is -1.26. The lowest BCUT2D eigenvalue weighted by Crippen LogP contribution is -2.31. The fraction of sp³-hybridized carbons (Fsp3) is 0.333. The number of hydrogen-bond acceptors (Lipinski definition) is 6. The molecule has 78 valence electrons. The standard InChI is InChI=1S/C6H8N2O6/c9-3(5(11)7-13)1-2-4(10)6(12)8-14/h13-14H,1-2H2,(H,7,11)(H,8,12). The second-order valence-electron chi connectivity index (χ2n) is 2.23. The summed E-state index contributed by atoms with van der Waals surface area (Å²) in [5.74, 6) is -4.59. The Balaban J connectivity index is 3.95. The van der Waals surface area contributed by atoms with Gasteiger partial charge in [0.05, 0.1) is 0 Å². The molecule has 0 aliphatic rings. The van der Waals surface area contributed by atoms with Gasteiger partial charge in [-0.15, -0.1) is 0 Å². The minimum absolute atomic E-state index is 0.515. The van der Waals surface area contributed by atoms with Crippen LogP contribution < -0.4 is 11.0 Å². The maximum atomic E-state index is 10.7. The topological polar surface area (TPSA) is 133 Å². The highest BCUT2D eigenvalue weighted by Crippen LogP contribution is 1.93. The minimum Gasteiger partial charge on any atom is -0.289 e. The molecule has 0 atom stereocenters. The Bertz CT molecular complexity index is 245.